The molecule has 15 heavy (non-hydrogen) atoms. The van der Waals surface area contributed by atoms with E-state index >= 15 is 0 Å². The number of hydrogen-bond donors (Lipinski definition) is 2. The van der Waals surface area contributed by atoms with E-state index in [2.05, 4.69) is 11.5 Å². The van der Waals surface area contributed by atoms with E-state index in [1.54, 1.807) is 6.08 Å². The molecule has 1 saturated heterocycles. The maximum atomic E-state index is 9.41. The Labute approximate surface area is 91.6 Å². The fourth-order valence-corrected chi connectivity index (χ4v) is 1.76. The van der Waals surface area contributed by atoms with Crippen molar-refractivity contribution >= 4 is 0 Å². The molecule has 0 amide bonds. The van der Waals surface area contributed by atoms with Crippen LogP contribution in [0, 0.1) is 0 Å². The number of allylic oxidation sites excluding steroid dienone is 3. The van der Waals surface area contributed by atoms with Crippen LogP contribution in [-0.4, -0.2) is 35.7 Å². The number of nitrogens with zero attached hydrogens (tertiary/aromatic N) is 1. The summed E-state index contributed by atoms with van der Waals surface area (Å²) >= 11 is 0. The average molecular weight is 208 g/mol. The maximum absolute atomic E-state index is 9.41. The average Bonchev–Trinajstić information content (AvgIpc) is 2.62. The van der Waals surface area contributed by atoms with E-state index in [4.69, 9.17) is 5.73 Å². The number of aliphatic hydroxyl groups excluding tert-OH is 1. The van der Waals surface area contributed by atoms with Crippen molar-refractivity contribution in [3.8, 4) is 0 Å². The minimum absolute atomic E-state index is 0.179. The molecule has 1 heterocycles. The Morgan fingerprint density at radius 2 is 2.40 bits per heavy atom. The van der Waals surface area contributed by atoms with Gasteiger partial charge in [0.2, 0.25) is 0 Å². The first-order valence-electron chi connectivity index (χ1n) is 5.31. The summed E-state index contributed by atoms with van der Waals surface area (Å²) in [5.41, 5.74) is 7.73. The van der Waals surface area contributed by atoms with E-state index < -0.39 is 0 Å². The van der Waals surface area contributed by atoms with Crippen molar-refractivity contribution in [2.45, 2.75) is 19.4 Å². The van der Waals surface area contributed by atoms with Crippen LogP contribution >= 0.6 is 0 Å². The highest BCUT2D eigenvalue weighted by molar-refractivity contribution is 5.32. The molecule has 1 unspecified atom stereocenters. The zero-order valence-electron chi connectivity index (χ0n) is 9.32. The summed E-state index contributed by atoms with van der Waals surface area (Å²) in [5, 5.41) is 9.41. The van der Waals surface area contributed by atoms with E-state index in [1.807, 2.05) is 19.1 Å². The molecule has 0 radical (unpaired) electrons. The van der Waals surface area contributed by atoms with Gasteiger partial charge in [-0.15, -0.1) is 0 Å². The highest BCUT2D eigenvalue weighted by atomic mass is 16.3. The number of likely N-dealkylation sites (tertiary alicyclic amines) is 1. The molecule has 3 heteroatoms. The first-order valence-corrected chi connectivity index (χ1v) is 5.31. The standard InChI is InChI=1S/C12H20N2O/c1-3-5-10(12(13)4-2)8-14-7-6-11(15)9-14/h3-5,11,15H,1,6-9,13H2,2H3/b10-5-,12-4+. The molecule has 0 aromatic heterocycles. The third kappa shape index (κ3) is 3.53. The zero-order valence-corrected chi connectivity index (χ0v) is 9.32. The maximum Gasteiger partial charge on any atom is 0.0679 e. The van der Waals surface area contributed by atoms with E-state index in [9.17, 15) is 5.11 Å². The van der Waals surface area contributed by atoms with Gasteiger partial charge in [-0.3, -0.25) is 4.90 Å². The van der Waals surface area contributed by atoms with Crippen LogP contribution in [0.4, 0.5) is 0 Å². The number of aliphatic hydroxyl groups is 1. The summed E-state index contributed by atoms with van der Waals surface area (Å²) < 4.78 is 0. The summed E-state index contributed by atoms with van der Waals surface area (Å²) in [5.74, 6) is 0. The fourth-order valence-electron chi connectivity index (χ4n) is 1.76. The second-order valence-corrected chi connectivity index (χ2v) is 3.85. The quantitative estimate of drug-likeness (QED) is 0.678. The molecule has 3 N–H and O–H groups in total. The Kier molecular flexibility index (Phi) is 4.59. The molecule has 0 saturated carbocycles. The predicted octanol–water partition coefficient (Wildman–Crippen LogP) is 1.03. The highest BCUT2D eigenvalue weighted by Crippen LogP contribution is 2.13. The van der Waals surface area contributed by atoms with Crippen LogP contribution in [0.2, 0.25) is 0 Å². The monoisotopic (exact) mass is 208 g/mol. The largest absolute Gasteiger partial charge is 0.399 e. The molecule has 1 aliphatic heterocycles. The van der Waals surface area contributed by atoms with Crippen LogP contribution < -0.4 is 5.73 Å². The van der Waals surface area contributed by atoms with Gasteiger partial charge in [-0.25, -0.2) is 0 Å². The molecule has 1 rings (SSSR count). The van der Waals surface area contributed by atoms with Gasteiger partial charge in [0.25, 0.3) is 0 Å². The van der Waals surface area contributed by atoms with E-state index in [-0.39, 0.29) is 6.10 Å². The van der Waals surface area contributed by atoms with Crippen LogP contribution in [-0.2, 0) is 0 Å². The number of β-amino-alcohol motifs (C(OH)–C–C–N with tert-alkyl or cyclic N) is 1. The SMILES string of the molecule is C=C/C=C(CN1CCC(O)C1)\C(N)=C/C. The molecule has 0 aliphatic carbocycles. The molecule has 0 aromatic rings. The Hall–Kier alpha value is -1.06. The predicted molar refractivity (Wildman–Crippen MR) is 63.3 cm³/mol. The second kappa shape index (κ2) is 5.73. The minimum atomic E-state index is -0.179. The van der Waals surface area contributed by atoms with Crippen molar-refractivity contribution in [2.24, 2.45) is 5.73 Å². The van der Waals surface area contributed by atoms with Gasteiger partial charge >= 0.3 is 0 Å². The molecule has 1 fully saturated rings. The van der Waals surface area contributed by atoms with E-state index in [1.165, 1.54) is 0 Å². The molecular weight excluding hydrogens is 188 g/mol. The van der Waals surface area contributed by atoms with Crippen molar-refractivity contribution in [1.29, 1.82) is 0 Å². The zero-order chi connectivity index (χ0) is 11.3. The van der Waals surface area contributed by atoms with Crippen LogP contribution in [0.25, 0.3) is 0 Å². The molecule has 0 bridgehead atoms. The van der Waals surface area contributed by atoms with E-state index in [0.29, 0.717) is 0 Å². The van der Waals surface area contributed by atoms with Crippen LogP contribution in [0.15, 0.2) is 36.1 Å². The lowest BCUT2D eigenvalue weighted by Gasteiger charge is -2.17. The fraction of sp³-hybridized carbons (Fsp3) is 0.500. The topological polar surface area (TPSA) is 49.5 Å². The first-order chi connectivity index (χ1) is 7.17. The van der Waals surface area contributed by atoms with Gasteiger partial charge < -0.3 is 10.8 Å². The Morgan fingerprint density at radius 3 is 2.87 bits per heavy atom. The van der Waals surface area contributed by atoms with Gasteiger partial charge in [-0.2, -0.15) is 0 Å². The lowest BCUT2D eigenvalue weighted by molar-refractivity contribution is 0.179. The highest BCUT2D eigenvalue weighted by Gasteiger charge is 2.20. The third-order valence-electron chi connectivity index (χ3n) is 2.64. The van der Waals surface area contributed by atoms with Gasteiger partial charge in [-0.05, 0) is 18.9 Å². The second-order valence-electron chi connectivity index (χ2n) is 3.85. The third-order valence-corrected chi connectivity index (χ3v) is 2.64. The number of hydrogen-bond acceptors (Lipinski definition) is 3. The van der Waals surface area contributed by atoms with Gasteiger partial charge in [0.05, 0.1) is 6.10 Å². The van der Waals surface area contributed by atoms with Crippen molar-refractivity contribution in [1.82, 2.24) is 4.90 Å². The molecule has 3 nitrogen and oxygen atoms in total. The first kappa shape index (κ1) is 12.0. The van der Waals surface area contributed by atoms with Gasteiger partial charge in [0.1, 0.15) is 0 Å². The number of rotatable bonds is 4. The molecule has 0 spiro atoms. The van der Waals surface area contributed by atoms with Gasteiger partial charge in [0.15, 0.2) is 0 Å². The normalized spacial score (nSPS) is 24.5. The van der Waals surface area contributed by atoms with Gasteiger partial charge in [-0.1, -0.05) is 24.8 Å². The van der Waals surface area contributed by atoms with Crippen LogP contribution in [0.5, 0.6) is 0 Å². The Bertz CT molecular complexity index is 281. The van der Waals surface area contributed by atoms with Crippen molar-refractivity contribution in [3.63, 3.8) is 0 Å². The summed E-state index contributed by atoms with van der Waals surface area (Å²) in [6.45, 7) is 8.07. The molecule has 84 valence electrons. The Balaban J connectivity index is 2.60. The summed E-state index contributed by atoms with van der Waals surface area (Å²) in [4.78, 5) is 2.20. The van der Waals surface area contributed by atoms with E-state index in [0.717, 1.165) is 37.3 Å². The minimum Gasteiger partial charge on any atom is -0.399 e. The lowest BCUT2D eigenvalue weighted by Crippen LogP contribution is -2.26. The summed E-state index contributed by atoms with van der Waals surface area (Å²) in [6, 6.07) is 0. The molecule has 0 aromatic carbocycles. The smallest absolute Gasteiger partial charge is 0.0679 e. The van der Waals surface area contributed by atoms with Crippen LogP contribution in [0.1, 0.15) is 13.3 Å². The molecular formula is C12H20N2O. The number of nitrogens with two attached hydrogens (primary N) is 1. The lowest BCUT2D eigenvalue weighted by atomic mass is 10.1. The van der Waals surface area contributed by atoms with Crippen molar-refractivity contribution in [2.75, 3.05) is 19.6 Å². The van der Waals surface area contributed by atoms with Crippen molar-refractivity contribution in [3.05, 3.63) is 36.1 Å². The van der Waals surface area contributed by atoms with Gasteiger partial charge in [0, 0.05) is 25.3 Å². The van der Waals surface area contributed by atoms with Crippen LogP contribution in [0.3, 0.4) is 0 Å². The van der Waals surface area contributed by atoms with Crippen molar-refractivity contribution < 1.29 is 5.11 Å². The molecule has 1 atom stereocenters. The Morgan fingerprint density at radius 1 is 1.67 bits per heavy atom. The summed E-state index contributed by atoms with van der Waals surface area (Å²) in [6.07, 6.45) is 6.25. The molecule has 1 aliphatic rings. The summed E-state index contributed by atoms with van der Waals surface area (Å²) in [7, 11) is 0.